The van der Waals surface area contributed by atoms with Gasteiger partial charge in [-0.3, -0.25) is 4.98 Å². The van der Waals surface area contributed by atoms with E-state index >= 15 is 0 Å². The van der Waals surface area contributed by atoms with Crippen LogP contribution < -0.4 is 10.5 Å². The molecule has 0 spiro atoms. The number of nitrogens with zero attached hydrogens (tertiary/aromatic N) is 2. The van der Waals surface area contributed by atoms with Crippen molar-refractivity contribution in [3.8, 4) is 17.6 Å². The summed E-state index contributed by atoms with van der Waals surface area (Å²) in [7, 11) is 0. The Balaban J connectivity index is 0.000000861. The van der Waals surface area contributed by atoms with Crippen LogP contribution in [-0.4, -0.2) is 4.98 Å². The van der Waals surface area contributed by atoms with Gasteiger partial charge >= 0.3 is 0 Å². The maximum Gasteiger partial charge on any atom is 0.146 e. The molecule has 1 aromatic carbocycles. The van der Waals surface area contributed by atoms with Crippen molar-refractivity contribution in [3.63, 3.8) is 0 Å². The zero-order valence-corrected chi connectivity index (χ0v) is 11.3. The molecule has 0 saturated heterocycles. The number of ether oxygens (including phenoxy) is 1. The lowest BCUT2D eigenvalue weighted by atomic mass is 10.2. The van der Waals surface area contributed by atoms with Gasteiger partial charge in [-0.1, -0.05) is 13.8 Å². The highest BCUT2D eigenvalue weighted by Gasteiger charge is 2.05. The van der Waals surface area contributed by atoms with E-state index in [9.17, 15) is 0 Å². The Hall–Kier alpha value is -2.54. The summed E-state index contributed by atoms with van der Waals surface area (Å²) in [5, 5.41) is 8.97. The van der Waals surface area contributed by atoms with Crippen molar-refractivity contribution in [1.29, 1.82) is 5.26 Å². The number of rotatable bonds is 2. The van der Waals surface area contributed by atoms with Crippen molar-refractivity contribution in [2.45, 2.75) is 20.8 Å². The fraction of sp³-hybridized carbons (Fsp3) is 0.200. The van der Waals surface area contributed by atoms with E-state index in [1.807, 2.05) is 32.9 Å². The quantitative estimate of drug-likeness (QED) is 0.831. The van der Waals surface area contributed by atoms with Crippen molar-refractivity contribution in [3.05, 3.63) is 47.8 Å². The summed E-state index contributed by atoms with van der Waals surface area (Å²) in [6, 6.07) is 8.85. The summed E-state index contributed by atoms with van der Waals surface area (Å²) in [5.74, 6) is 1.08. The number of nitrogens with two attached hydrogens (primary N) is 1. The molecule has 1 aromatic heterocycles. The highest BCUT2D eigenvalue weighted by atomic mass is 16.5. The summed E-state index contributed by atoms with van der Waals surface area (Å²) in [6.45, 7) is 5.92. The molecule has 0 bridgehead atoms. The van der Waals surface area contributed by atoms with Crippen molar-refractivity contribution >= 4 is 5.69 Å². The van der Waals surface area contributed by atoms with Crippen LogP contribution in [-0.2, 0) is 0 Å². The summed E-state index contributed by atoms with van der Waals surface area (Å²) in [5.41, 5.74) is 7.55. The van der Waals surface area contributed by atoms with Crippen molar-refractivity contribution in [2.24, 2.45) is 0 Å². The van der Waals surface area contributed by atoms with Crippen LogP contribution in [0.15, 0.2) is 36.7 Å². The second-order valence-corrected chi connectivity index (χ2v) is 3.67. The van der Waals surface area contributed by atoms with Crippen LogP contribution in [0.3, 0.4) is 0 Å². The van der Waals surface area contributed by atoms with Gasteiger partial charge in [-0.2, -0.15) is 5.26 Å². The predicted molar refractivity (Wildman–Crippen MR) is 76.0 cm³/mol. The first-order valence-corrected chi connectivity index (χ1v) is 6.08. The van der Waals surface area contributed by atoms with Crippen LogP contribution in [0.5, 0.6) is 11.5 Å². The predicted octanol–water partition coefficient (Wildman–Crippen LogP) is 3.66. The Morgan fingerprint density at radius 1 is 1.21 bits per heavy atom. The smallest absolute Gasteiger partial charge is 0.146 e. The average Bonchev–Trinajstić information content (AvgIpc) is 2.43. The zero-order chi connectivity index (χ0) is 14.3. The number of nitriles is 1. The van der Waals surface area contributed by atoms with E-state index in [1.54, 1.807) is 30.6 Å². The first kappa shape index (κ1) is 14.5. The lowest BCUT2D eigenvalue weighted by Crippen LogP contribution is -1.92. The molecule has 0 amide bonds. The van der Waals surface area contributed by atoms with E-state index < -0.39 is 0 Å². The van der Waals surface area contributed by atoms with E-state index in [1.165, 1.54) is 0 Å². The van der Waals surface area contributed by atoms with Gasteiger partial charge in [0, 0.05) is 11.9 Å². The highest BCUT2D eigenvalue weighted by molar-refractivity contribution is 5.54. The SMILES string of the molecule is CC.Cc1cncc(Oc2ccc(N)cc2C#N)c1. The highest BCUT2D eigenvalue weighted by Crippen LogP contribution is 2.26. The summed E-state index contributed by atoms with van der Waals surface area (Å²) >= 11 is 0. The van der Waals surface area contributed by atoms with Gasteiger partial charge in [-0.25, -0.2) is 0 Å². The van der Waals surface area contributed by atoms with Crippen LogP contribution in [0.4, 0.5) is 5.69 Å². The fourth-order valence-electron chi connectivity index (χ4n) is 1.43. The minimum Gasteiger partial charge on any atom is -0.454 e. The molecule has 2 aromatic rings. The monoisotopic (exact) mass is 255 g/mol. The molecule has 0 fully saturated rings. The second-order valence-electron chi connectivity index (χ2n) is 3.67. The van der Waals surface area contributed by atoms with Crippen LogP contribution in [0.2, 0.25) is 0 Å². The Morgan fingerprint density at radius 2 is 1.95 bits per heavy atom. The topological polar surface area (TPSA) is 71.9 Å². The van der Waals surface area contributed by atoms with Gasteiger partial charge in [0.15, 0.2) is 0 Å². The zero-order valence-electron chi connectivity index (χ0n) is 11.3. The van der Waals surface area contributed by atoms with E-state index in [0.717, 1.165) is 5.56 Å². The van der Waals surface area contributed by atoms with Crippen LogP contribution >= 0.6 is 0 Å². The Kier molecular flexibility index (Phi) is 5.36. The number of pyridine rings is 1. The molecule has 0 unspecified atom stereocenters. The first-order chi connectivity index (χ1) is 9.19. The number of nitrogen functional groups attached to an aromatic ring is 1. The Bertz CT molecular complexity index is 588. The van der Waals surface area contributed by atoms with E-state index in [-0.39, 0.29) is 0 Å². The maximum absolute atomic E-state index is 8.97. The molecule has 0 radical (unpaired) electrons. The molecule has 0 saturated carbocycles. The molecular weight excluding hydrogens is 238 g/mol. The average molecular weight is 255 g/mol. The van der Waals surface area contributed by atoms with Gasteiger partial charge in [0.05, 0.1) is 11.8 Å². The lowest BCUT2D eigenvalue weighted by Gasteiger charge is -2.07. The Labute approximate surface area is 113 Å². The molecular formula is C15H17N3O. The minimum absolute atomic E-state index is 0.409. The summed E-state index contributed by atoms with van der Waals surface area (Å²) < 4.78 is 5.60. The molecule has 4 nitrogen and oxygen atoms in total. The standard InChI is InChI=1S/C13H11N3O.C2H6/c1-9-4-12(8-16-7-9)17-13-3-2-11(15)5-10(13)6-14;1-2/h2-5,7-8H,15H2,1H3;1-2H3. The third kappa shape index (κ3) is 4.00. The molecule has 98 valence electrons. The molecule has 0 aliphatic rings. The van der Waals surface area contributed by atoms with Crippen molar-refractivity contribution in [2.75, 3.05) is 5.73 Å². The minimum atomic E-state index is 0.409. The molecule has 0 aliphatic carbocycles. The summed E-state index contributed by atoms with van der Waals surface area (Å²) in [4.78, 5) is 4.02. The van der Waals surface area contributed by atoms with Crippen molar-refractivity contribution in [1.82, 2.24) is 4.98 Å². The van der Waals surface area contributed by atoms with Gasteiger partial charge in [0.1, 0.15) is 17.6 Å². The van der Waals surface area contributed by atoms with E-state index in [2.05, 4.69) is 4.98 Å². The molecule has 19 heavy (non-hydrogen) atoms. The second kappa shape index (κ2) is 7.02. The number of benzene rings is 1. The molecule has 2 rings (SSSR count). The maximum atomic E-state index is 8.97. The van der Waals surface area contributed by atoms with Gasteiger partial charge in [0.25, 0.3) is 0 Å². The molecule has 0 aliphatic heterocycles. The van der Waals surface area contributed by atoms with Crippen molar-refractivity contribution < 1.29 is 4.74 Å². The van der Waals surface area contributed by atoms with Crippen LogP contribution in [0.1, 0.15) is 25.0 Å². The fourth-order valence-corrected chi connectivity index (χ4v) is 1.43. The normalized spacial score (nSPS) is 8.95. The molecule has 0 atom stereocenters. The van der Waals surface area contributed by atoms with Crippen LogP contribution in [0, 0.1) is 18.3 Å². The number of aromatic nitrogens is 1. The summed E-state index contributed by atoms with van der Waals surface area (Å²) in [6.07, 6.45) is 3.34. The lowest BCUT2D eigenvalue weighted by molar-refractivity contribution is 0.478. The van der Waals surface area contributed by atoms with Gasteiger partial charge < -0.3 is 10.5 Å². The molecule has 4 heteroatoms. The molecule has 2 N–H and O–H groups in total. The number of hydrogen-bond donors (Lipinski definition) is 1. The Morgan fingerprint density at radius 3 is 2.58 bits per heavy atom. The largest absolute Gasteiger partial charge is 0.454 e. The number of hydrogen-bond acceptors (Lipinski definition) is 4. The van der Waals surface area contributed by atoms with E-state index in [0.29, 0.717) is 22.7 Å². The number of anilines is 1. The number of aryl methyl sites for hydroxylation is 1. The third-order valence-corrected chi connectivity index (χ3v) is 2.20. The van der Waals surface area contributed by atoms with Gasteiger partial charge in [0.2, 0.25) is 0 Å². The molecule has 1 heterocycles. The van der Waals surface area contributed by atoms with E-state index in [4.69, 9.17) is 15.7 Å². The third-order valence-electron chi connectivity index (χ3n) is 2.20. The van der Waals surface area contributed by atoms with Gasteiger partial charge in [-0.05, 0) is 36.8 Å². The first-order valence-electron chi connectivity index (χ1n) is 6.08. The van der Waals surface area contributed by atoms with Gasteiger partial charge in [-0.15, -0.1) is 0 Å². The van der Waals surface area contributed by atoms with Crippen LogP contribution in [0.25, 0.3) is 0 Å².